The van der Waals surface area contributed by atoms with Crippen LogP contribution in [0, 0.1) is 6.92 Å². The third kappa shape index (κ3) is 5.93. The fraction of sp³-hybridized carbons (Fsp3) is 0.636. The predicted molar refractivity (Wildman–Crippen MR) is 116 cm³/mol. The van der Waals surface area contributed by atoms with Crippen LogP contribution in [0.1, 0.15) is 36.9 Å². The molecule has 7 nitrogen and oxygen atoms in total. The Bertz CT molecular complexity index is 702. The van der Waals surface area contributed by atoms with E-state index in [2.05, 4.69) is 51.7 Å². The Morgan fingerprint density at radius 3 is 2.79 bits per heavy atom. The number of aryl methyl sites for hydroxylation is 1. The Labute approximate surface area is 174 Å². The normalized spacial score (nSPS) is 21.8. The Morgan fingerprint density at radius 1 is 1.31 bits per heavy atom. The molecule has 3 rings (SSSR count). The molecule has 29 heavy (non-hydrogen) atoms. The van der Waals surface area contributed by atoms with Gasteiger partial charge < -0.3 is 20.3 Å². The lowest BCUT2D eigenvalue weighted by molar-refractivity contribution is -0.129. The Hall–Kier alpha value is -2.12. The van der Waals surface area contributed by atoms with Crippen LogP contribution in [0.5, 0.6) is 0 Å². The van der Waals surface area contributed by atoms with Gasteiger partial charge in [0.2, 0.25) is 5.91 Å². The monoisotopic (exact) mass is 401 g/mol. The number of hydrogen-bond donors (Lipinski definition) is 2. The van der Waals surface area contributed by atoms with Crippen LogP contribution in [0.3, 0.4) is 0 Å². The molecule has 160 valence electrons. The highest BCUT2D eigenvalue weighted by Crippen LogP contribution is 2.22. The van der Waals surface area contributed by atoms with E-state index in [1.54, 1.807) is 7.05 Å². The number of aliphatic imine (C=N–C) groups is 1. The van der Waals surface area contributed by atoms with E-state index in [1.807, 2.05) is 11.8 Å². The van der Waals surface area contributed by atoms with E-state index in [9.17, 15) is 4.79 Å². The minimum Gasteiger partial charge on any atom is -0.379 e. The molecule has 2 atom stereocenters. The van der Waals surface area contributed by atoms with Gasteiger partial charge in [0, 0.05) is 52.2 Å². The van der Waals surface area contributed by atoms with Crippen LogP contribution >= 0.6 is 0 Å². The number of morpholine rings is 1. The lowest BCUT2D eigenvalue weighted by Crippen LogP contribution is -2.49. The lowest BCUT2D eigenvalue weighted by atomic mass is 10.0. The second-order valence-corrected chi connectivity index (χ2v) is 7.85. The van der Waals surface area contributed by atoms with Gasteiger partial charge in [-0.3, -0.25) is 14.7 Å². The minimum absolute atomic E-state index is 0.226. The first-order valence-corrected chi connectivity index (χ1v) is 10.7. The molecular weight excluding hydrogens is 366 g/mol. The number of guanidine groups is 1. The molecule has 1 amide bonds. The van der Waals surface area contributed by atoms with Gasteiger partial charge >= 0.3 is 0 Å². The largest absolute Gasteiger partial charge is 0.379 e. The summed E-state index contributed by atoms with van der Waals surface area (Å²) in [5, 5.41) is 7.02. The molecular formula is C22H35N5O2. The Morgan fingerprint density at radius 2 is 2.10 bits per heavy atom. The van der Waals surface area contributed by atoms with Crippen molar-refractivity contribution in [2.75, 3.05) is 53.0 Å². The number of nitrogens with zero attached hydrogens (tertiary/aromatic N) is 3. The number of amides is 1. The average Bonchev–Trinajstić information content (AvgIpc) is 3.22. The van der Waals surface area contributed by atoms with Gasteiger partial charge in [0.1, 0.15) is 0 Å². The van der Waals surface area contributed by atoms with E-state index in [-0.39, 0.29) is 18.0 Å². The van der Waals surface area contributed by atoms with Crippen LogP contribution < -0.4 is 10.6 Å². The van der Waals surface area contributed by atoms with Gasteiger partial charge in [-0.15, -0.1) is 0 Å². The Kier molecular flexibility index (Phi) is 7.89. The number of hydrogen-bond acceptors (Lipinski definition) is 4. The number of carbonyl (C=O) groups excluding carboxylic acids is 1. The number of benzene rings is 1. The molecule has 7 heteroatoms. The van der Waals surface area contributed by atoms with Gasteiger partial charge in [0.25, 0.3) is 0 Å². The first kappa shape index (κ1) is 21.6. The maximum atomic E-state index is 11.9. The highest BCUT2D eigenvalue weighted by Gasteiger charge is 2.27. The van der Waals surface area contributed by atoms with E-state index < -0.39 is 0 Å². The molecule has 0 aromatic heterocycles. The highest BCUT2D eigenvalue weighted by atomic mass is 16.5. The molecule has 0 aliphatic carbocycles. The summed E-state index contributed by atoms with van der Waals surface area (Å²) in [6.07, 6.45) is 1.52. The maximum Gasteiger partial charge on any atom is 0.222 e. The van der Waals surface area contributed by atoms with Gasteiger partial charge in [0.15, 0.2) is 5.96 Å². The van der Waals surface area contributed by atoms with E-state index in [0.717, 1.165) is 58.3 Å². The van der Waals surface area contributed by atoms with Crippen LogP contribution in [0.25, 0.3) is 0 Å². The van der Waals surface area contributed by atoms with E-state index in [4.69, 9.17) is 4.74 Å². The first-order chi connectivity index (χ1) is 14.1. The van der Waals surface area contributed by atoms with Crippen molar-refractivity contribution in [2.24, 2.45) is 4.99 Å². The first-order valence-electron chi connectivity index (χ1n) is 10.7. The number of nitrogens with one attached hydrogen (secondary N) is 2. The van der Waals surface area contributed by atoms with Gasteiger partial charge in [-0.1, -0.05) is 36.8 Å². The quantitative estimate of drug-likeness (QED) is 0.559. The van der Waals surface area contributed by atoms with Gasteiger partial charge in [-0.2, -0.15) is 0 Å². The fourth-order valence-corrected chi connectivity index (χ4v) is 4.13. The standard InChI is InChI=1S/C22H35N5O2/c1-4-21(28)27-9-8-19(16-27)25-22(23-3)24-15-20(26-10-12-29-13-11-26)18-7-5-6-17(2)14-18/h5-7,14,19-20H,4,8-13,15-16H2,1-3H3,(H2,23,24,25). The molecule has 0 bridgehead atoms. The summed E-state index contributed by atoms with van der Waals surface area (Å²) in [6.45, 7) is 9.81. The van der Waals surface area contributed by atoms with Crippen molar-refractivity contribution in [1.29, 1.82) is 0 Å². The zero-order valence-electron chi connectivity index (χ0n) is 18.0. The second-order valence-electron chi connectivity index (χ2n) is 7.85. The molecule has 2 N–H and O–H groups in total. The SMILES string of the molecule is CCC(=O)N1CCC(NC(=NC)NCC(c2cccc(C)c2)N2CCOCC2)C1. The molecule has 0 spiro atoms. The molecule has 2 unspecified atom stereocenters. The summed E-state index contributed by atoms with van der Waals surface area (Å²) in [4.78, 5) is 20.8. The van der Waals surface area contributed by atoms with Crippen molar-refractivity contribution in [1.82, 2.24) is 20.4 Å². The molecule has 0 saturated carbocycles. The summed E-state index contributed by atoms with van der Waals surface area (Å²) in [5.74, 6) is 1.02. The average molecular weight is 402 g/mol. The second kappa shape index (κ2) is 10.6. The number of rotatable bonds is 6. The van der Waals surface area contributed by atoms with Crippen molar-refractivity contribution in [3.63, 3.8) is 0 Å². The molecule has 2 fully saturated rings. The number of ether oxygens (including phenoxy) is 1. The molecule has 2 aliphatic heterocycles. The predicted octanol–water partition coefficient (Wildman–Crippen LogP) is 1.54. The summed E-state index contributed by atoms with van der Waals surface area (Å²) in [5.41, 5.74) is 2.59. The Balaban J connectivity index is 1.61. The minimum atomic E-state index is 0.226. The maximum absolute atomic E-state index is 11.9. The third-order valence-corrected chi connectivity index (χ3v) is 5.78. The van der Waals surface area contributed by atoms with Crippen LogP contribution in [0.15, 0.2) is 29.3 Å². The van der Waals surface area contributed by atoms with E-state index in [1.165, 1.54) is 11.1 Å². The number of carbonyl (C=O) groups is 1. The zero-order valence-corrected chi connectivity index (χ0v) is 18.0. The smallest absolute Gasteiger partial charge is 0.222 e. The van der Waals surface area contributed by atoms with Crippen LogP contribution in [-0.2, 0) is 9.53 Å². The molecule has 2 saturated heterocycles. The van der Waals surface area contributed by atoms with Gasteiger partial charge in [-0.25, -0.2) is 0 Å². The summed E-state index contributed by atoms with van der Waals surface area (Å²) < 4.78 is 5.55. The van der Waals surface area contributed by atoms with Gasteiger partial charge in [0.05, 0.1) is 19.3 Å². The van der Waals surface area contributed by atoms with Crippen LogP contribution in [-0.4, -0.2) is 80.7 Å². The van der Waals surface area contributed by atoms with Crippen LogP contribution in [0.2, 0.25) is 0 Å². The van der Waals surface area contributed by atoms with Crippen LogP contribution in [0.4, 0.5) is 0 Å². The molecule has 1 aromatic rings. The summed E-state index contributed by atoms with van der Waals surface area (Å²) in [6, 6.07) is 9.25. The highest BCUT2D eigenvalue weighted by molar-refractivity contribution is 5.80. The van der Waals surface area contributed by atoms with Crippen molar-refractivity contribution in [3.8, 4) is 0 Å². The van der Waals surface area contributed by atoms with Crippen molar-refractivity contribution < 1.29 is 9.53 Å². The molecule has 0 radical (unpaired) electrons. The van der Waals surface area contributed by atoms with Gasteiger partial charge in [-0.05, 0) is 18.9 Å². The third-order valence-electron chi connectivity index (χ3n) is 5.78. The lowest BCUT2D eigenvalue weighted by Gasteiger charge is -2.35. The number of likely N-dealkylation sites (tertiary alicyclic amines) is 1. The van der Waals surface area contributed by atoms with Crippen molar-refractivity contribution in [3.05, 3.63) is 35.4 Å². The molecule has 2 heterocycles. The molecule has 1 aromatic carbocycles. The van der Waals surface area contributed by atoms with E-state index >= 15 is 0 Å². The zero-order chi connectivity index (χ0) is 20.6. The van der Waals surface area contributed by atoms with Crippen molar-refractivity contribution in [2.45, 2.75) is 38.8 Å². The van der Waals surface area contributed by atoms with E-state index in [0.29, 0.717) is 6.42 Å². The summed E-state index contributed by atoms with van der Waals surface area (Å²) >= 11 is 0. The fourth-order valence-electron chi connectivity index (χ4n) is 4.13. The van der Waals surface area contributed by atoms with Crippen molar-refractivity contribution >= 4 is 11.9 Å². The topological polar surface area (TPSA) is 69.2 Å². The summed E-state index contributed by atoms with van der Waals surface area (Å²) in [7, 11) is 1.80. The molecule has 2 aliphatic rings.